The molecule has 2 heterocycles. The zero-order valence-electron chi connectivity index (χ0n) is 18.9. The molecule has 174 valence electrons. The number of carbonyl (C=O) groups is 3. The van der Waals surface area contributed by atoms with Gasteiger partial charge >= 0.3 is 0 Å². The lowest BCUT2D eigenvalue weighted by Crippen LogP contribution is -2.54. The molecule has 0 unspecified atom stereocenters. The first-order valence-corrected chi connectivity index (χ1v) is 11.7. The second kappa shape index (κ2) is 9.90. The second-order valence-corrected chi connectivity index (χ2v) is 9.03. The van der Waals surface area contributed by atoms with Gasteiger partial charge in [0.2, 0.25) is 11.8 Å². The summed E-state index contributed by atoms with van der Waals surface area (Å²) in [7, 11) is 1.78. The van der Waals surface area contributed by atoms with Gasteiger partial charge in [0.05, 0.1) is 24.1 Å². The molecule has 3 aliphatic rings. The van der Waals surface area contributed by atoms with Crippen LogP contribution in [0, 0.1) is 0 Å². The molecule has 1 saturated heterocycles. The Labute approximate surface area is 189 Å². The van der Waals surface area contributed by atoms with E-state index in [1.165, 1.54) is 12.8 Å². The van der Waals surface area contributed by atoms with Crippen LogP contribution in [0.15, 0.2) is 18.2 Å². The fourth-order valence-corrected chi connectivity index (χ4v) is 4.92. The first-order chi connectivity index (χ1) is 15.4. The number of anilines is 1. The number of amides is 3. The van der Waals surface area contributed by atoms with Crippen molar-refractivity contribution in [2.45, 2.75) is 82.6 Å². The molecule has 1 aromatic rings. The highest BCUT2D eigenvalue weighted by atomic mass is 16.5. The topological polar surface area (TPSA) is 97.0 Å². The Morgan fingerprint density at radius 3 is 2.66 bits per heavy atom. The maximum atomic E-state index is 13.2. The van der Waals surface area contributed by atoms with Crippen molar-refractivity contribution < 1.29 is 23.9 Å². The summed E-state index contributed by atoms with van der Waals surface area (Å²) in [5, 5.41) is 5.92. The van der Waals surface area contributed by atoms with Gasteiger partial charge < -0.3 is 25.0 Å². The summed E-state index contributed by atoms with van der Waals surface area (Å²) >= 11 is 0. The van der Waals surface area contributed by atoms with Crippen molar-refractivity contribution >= 4 is 23.4 Å². The van der Waals surface area contributed by atoms with Gasteiger partial charge in [-0.1, -0.05) is 19.8 Å². The highest BCUT2D eigenvalue weighted by Gasteiger charge is 2.39. The van der Waals surface area contributed by atoms with Gasteiger partial charge in [-0.25, -0.2) is 0 Å². The number of nitrogens with one attached hydrogen (secondary N) is 2. The van der Waals surface area contributed by atoms with Crippen molar-refractivity contribution in [1.29, 1.82) is 0 Å². The molecule has 2 fully saturated rings. The molecule has 0 radical (unpaired) electrons. The number of fused-ring (bicyclic) bond motifs is 2. The molecule has 0 bridgehead atoms. The Hall–Kier alpha value is -2.61. The first-order valence-electron chi connectivity index (χ1n) is 11.7. The van der Waals surface area contributed by atoms with Crippen LogP contribution in [-0.2, 0) is 14.3 Å². The van der Waals surface area contributed by atoms with Gasteiger partial charge in [0, 0.05) is 25.2 Å². The van der Waals surface area contributed by atoms with Crippen LogP contribution in [0.5, 0.6) is 5.75 Å². The summed E-state index contributed by atoms with van der Waals surface area (Å²) in [6.45, 7) is 2.08. The lowest BCUT2D eigenvalue weighted by Gasteiger charge is -2.42. The normalized spacial score (nSPS) is 25.8. The summed E-state index contributed by atoms with van der Waals surface area (Å²) in [6.07, 6.45) is 6.19. The first kappa shape index (κ1) is 22.6. The van der Waals surface area contributed by atoms with Gasteiger partial charge in [0.15, 0.2) is 0 Å². The third-order valence-electron chi connectivity index (χ3n) is 6.75. The van der Waals surface area contributed by atoms with Crippen LogP contribution in [0.4, 0.5) is 5.69 Å². The highest BCUT2D eigenvalue weighted by molar-refractivity contribution is 5.99. The number of ether oxygens (including phenoxy) is 2. The molecule has 2 aliphatic heterocycles. The molecular weight excluding hydrogens is 410 g/mol. The minimum Gasteiger partial charge on any atom is -0.490 e. The fraction of sp³-hybridized carbons (Fsp3) is 0.625. The van der Waals surface area contributed by atoms with E-state index in [2.05, 4.69) is 10.6 Å². The third kappa shape index (κ3) is 5.06. The molecule has 2 N–H and O–H groups in total. The van der Waals surface area contributed by atoms with Crippen LogP contribution in [0.2, 0.25) is 0 Å². The quantitative estimate of drug-likeness (QED) is 0.729. The average molecular weight is 444 g/mol. The predicted molar refractivity (Wildman–Crippen MR) is 120 cm³/mol. The van der Waals surface area contributed by atoms with Crippen LogP contribution in [0.3, 0.4) is 0 Å². The zero-order valence-corrected chi connectivity index (χ0v) is 18.9. The molecule has 0 aromatic heterocycles. The number of likely N-dealkylation sites (N-methyl/N-ethyl adjacent to an activating group) is 1. The summed E-state index contributed by atoms with van der Waals surface area (Å²) in [4.78, 5) is 39.1. The van der Waals surface area contributed by atoms with Crippen molar-refractivity contribution in [2.75, 3.05) is 19.0 Å². The number of nitrogens with zero attached hydrogens (tertiary/aromatic N) is 1. The van der Waals surface area contributed by atoms with Crippen molar-refractivity contribution in [1.82, 2.24) is 10.2 Å². The average Bonchev–Trinajstić information content (AvgIpc) is 3.29. The summed E-state index contributed by atoms with van der Waals surface area (Å²) in [5.41, 5.74) is 1.00. The van der Waals surface area contributed by atoms with Gasteiger partial charge in [-0.05, 0) is 43.9 Å². The fourth-order valence-electron chi connectivity index (χ4n) is 4.92. The van der Waals surface area contributed by atoms with E-state index in [1.54, 1.807) is 37.1 Å². The van der Waals surface area contributed by atoms with Gasteiger partial charge in [0.25, 0.3) is 5.91 Å². The van der Waals surface area contributed by atoms with E-state index in [4.69, 9.17) is 9.47 Å². The lowest BCUT2D eigenvalue weighted by atomic mass is 9.94. The van der Waals surface area contributed by atoms with E-state index in [9.17, 15) is 14.4 Å². The van der Waals surface area contributed by atoms with Crippen molar-refractivity contribution in [2.24, 2.45) is 0 Å². The minimum absolute atomic E-state index is 0.0449. The van der Waals surface area contributed by atoms with Crippen LogP contribution in [0.1, 0.15) is 68.6 Å². The number of carbonyl (C=O) groups excluding carboxylic acids is 3. The summed E-state index contributed by atoms with van der Waals surface area (Å²) in [6, 6.07) is 5.29. The molecule has 8 nitrogen and oxygen atoms in total. The third-order valence-corrected chi connectivity index (χ3v) is 6.75. The lowest BCUT2D eigenvalue weighted by molar-refractivity contribution is -0.134. The maximum absolute atomic E-state index is 13.2. The maximum Gasteiger partial charge on any atom is 0.257 e. The number of hydrogen-bond donors (Lipinski definition) is 2. The highest BCUT2D eigenvalue weighted by Crippen LogP contribution is 2.32. The Morgan fingerprint density at radius 2 is 1.91 bits per heavy atom. The molecule has 0 spiro atoms. The van der Waals surface area contributed by atoms with E-state index < -0.39 is 0 Å². The standard InChI is InChI=1S/C24H33N3O5/c1-3-22(28)26-16-8-11-20-18(12-16)24(30)27(2)19-10-9-17(32-21(19)14-31-20)13-23(29)25-15-6-4-5-7-15/h8,11-12,15,17,19,21H,3-7,9-10,13-14H2,1-2H3,(H,25,29)(H,26,28)/t17-,19-,21-/m1/s1. The Balaban J connectivity index is 1.42. The smallest absolute Gasteiger partial charge is 0.257 e. The van der Waals surface area contributed by atoms with Crippen molar-refractivity contribution in [3.8, 4) is 5.75 Å². The van der Waals surface area contributed by atoms with E-state index in [1.807, 2.05) is 0 Å². The molecular formula is C24H33N3O5. The van der Waals surface area contributed by atoms with Gasteiger partial charge in [-0.2, -0.15) is 0 Å². The molecule has 1 aromatic carbocycles. The zero-order chi connectivity index (χ0) is 22.7. The van der Waals surface area contributed by atoms with Gasteiger partial charge in [0.1, 0.15) is 18.5 Å². The number of rotatable bonds is 5. The molecule has 3 atom stereocenters. The van der Waals surface area contributed by atoms with Crippen LogP contribution in [-0.4, -0.2) is 60.6 Å². The molecule has 1 aliphatic carbocycles. The van der Waals surface area contributed by atoms with Crippen LogP contribution < -0.4 is 15.4 Å². The van der Waals surface area contributed by atoms with E-state index >= 15 is 0 Å². The van der Waals surface area contributed by atoms with E-state index in [-0.39, 0.29) is 36.0 Å². The predicted octanol–water partition coefficient (Wildman–Crippen LogP) is 2.86. The van der Waals surface area contributed by atoms with Crippen molar-refractivity contribution in [3.63, 3.8) is 0 Å². The SMILES string of the molecule is CCC(=O)Nc1ccc2c(c1)C(=O)N(C)[C@@H]1CC[C@H](CC(=O)NC3CCCC3)O[C@@H]1CO2. The Bertz CT molecular complexity index is 867. The summed E-state index contributed by atoms with van der Waals surface area (Å²) in [5.74, 6) is 0.243. The Morgan fingerprint density at radius 1 is 1.12 bits per heavy atom. The molecule has 8 heteroatoms. The van der Waals surface area contributed by atoms with Gasteiger partial charge in [-0.15, -0.1) is 0 Å². The van der Waals surface area contributed by atoms with Crippen molar-refractivity contribution in [3.05, 3.63) is 23.8 Å². The van der Waals surface area contributed by atoms with Crippen LogP contribution in [0.25, 0.3) is 0 Å². The number of benzene rings is 1. The largest absolute Gasteiger partial charge is 0.490 e. The van der Waals surface area contributed by atoms with Gasteiger partial charge in [-0.3, -0.25) is 14.4 Å². The Kier molecular flexibility index (Phi) is 6.98. The molecule has 3 amide bonds. The van der Waals surface area contributed by atoms with E-state index in [0.29, 0.717) is 42.5 Å². The molecule has 1 saturated carbocycles. The summed E-state index contributed by atoms with van der Waals surface area (Å²) < 4.78 is 12.2. The number of hydrogen-bond acceptors (Lipinski definition) is 5. The molecule has 4 rings (SSSR count). The monoisotopic (exact) mass is 443 g/mol. The second-order valence-electron chi connectivity index (χ2n) is 9.03. The van der Waals surface area contributed by atoms with E-state index in [0.717, 1.165) is 25.7 Å². The van der Waals surface area contributed by atoms with Crippen LogP contribution >= 0.6 is 0 Å². The minimum atomic E-state index is -0.297. The molecule has 32 heavy (non-hydrogen) atoms.